The SMILES string of the molecule is CCCOC(=O)CC[C@@H](C)[C@H]1CC[C@H]2[C@@H]3[C@H](C(C)=O)CC4C[C@H](C(C)=O)CC[C@]4(C)[C@H]3C[C@H](O)[C@]12C. The van der Waals surface area contributed by atoms with E-state index in [0.29, 0.717) is 60.1 Å². The molecule has 1 N–H and O–H groups in total. The molecule has 204 valence electrons. The van der Waals surface area contributed by atoms with Crippen molar-refractivity contribution in [2.45, 2.75) is 112 Å². The second kappa shape index (κ2) is 10.5. The molecule has 0 aromatic carbocycles. The van der Waals surface area contributed by atoms with E-state index >= 15 is 0 Å². The van der Waals surface area contributed by atoms with Crippen LogP contribution in [-0.4, -0.2) is 35.4 Å². The molecule has 0 aliphatic heterocycles. The summed E-state index contributed by atoms with van der Waals surface area (Å²) >= 11 is 0. The number of ketones is 2. The van der Waals surface area contributed by atoms with Crippen LogP contribution in [0.1, 0.15) is 106 Å². The maximum absolute atomic E-state index is 13.1. The summed E-state index contributed by atoms with van der Waals surface area (Å²) in [4.78, 5) is 37.5. The van der Waals surface area contributed by atoms with Crippen molar-refractivity contribution in [3.8, 4) is 0 Å². The molecule has 36 heavy (non-hydrogen) atoms. The lowest BCUT2D eigenvalue weighted by Gasteiger charge is -2.64. The van der Waals surface area contributed by atoms with Gasteiger partial charge in [-0.15, -0.1) is 0 Å². The molecule has 0 aromatic rings. The first-order chi connectivity index (χ1) is 16.9. The second-order valence-corrected chi connectivity index (χ2v) is 13.6. The lowest BCUT2D eigenvalue weighted by Crippen LogP contribution is -2.61. The van der Waals surface area contributed by atoms with Crippen LogP contribution in [0.15, 0.2) is 0 Å². The minimum absolute atomic E-state index is 0.0358. The van der Waals surface area contributed by atoms with Gasteiger partial charge in [0.1, 0.15) is 11.6 Å². The van der Waals surface area contributed by atoms with Crippen molar-refractivity contribution in [1.82, 2.24) is 0 Å². The molecule has 0 bridgehead atoms. The van der Waals surface area contributed by atoms with Gasteiger partial charge in [0, 0.05) is 18.3 Å². The van der Waals surface area contributed by atoms with Crippen molar-refractivity contribution in [2.24, 2.45) is 58.2 Å². The summed E-state index contributed by atoms with van der Waals surface area (Å²) in [6.07, 6.45) is 8.35. The van der Waals surface area contributed by atoms with Crippen molar-refractivity contribution in [3.63, 3.8) is 0 Å². The molecule has 0 radical (unpaired) electrons. The van der Waals surface area contributed by atoms with Crippen molar-refractivity contribution in [3.05, 3.63) is 0 Å². The molecule has 4 fully saturated rings. The molecule has 4 aliphatic carbocycles. The standard InChI is InChI=1S/C31H50O5/c1-7-14-36-28(35)11-8-18(2)24-9-10-25-29-23(20(4)33)16-22-15-21(19(3)32)12-13-30(22,5)26(29)17-27(34)31(24,25)6/h18,21-27,29,34H,7-17H2,1-6H3/t18-,21-,22?,23+,24-,25+,26+,27+,29+,30+,31-/m1/s1. The number of ether oxygens (including phenoxy) is 1. The fraction of sp³-hybridized carbons (Fsp3) is 0.903. The molecule has 0 aromatic heterocycles. The van der Waals surface area contributed by atoms with Gasteiger partial charge in [0.2, 0.25) is 0 Å². The maximum Gasteiger partial charge on any atom is 0.305 e. The zero-order chi connectivity index (χ0) is 26.4. The number of fused-ring (bicyclic) bond motifs is 5. The first-order valence-electron chi connectivity index (χ1n) is 14.8. The molecule has 0 saturated heterocycles. The molecule has 11 atom stereocenters. The van der Waals surface area contributed by atoms with E-state index in [2.05, 4.69) is 20.8 Å². The van der Waals surface area contributed by atoms with Gasteiger partial charge in [-0.25, -0.2) is 0 Å². The maximum atomic E-state index is 13.1. The summed E-state index contributed by atoms with van der Waals surface area (Å²) in [5.41, 5.74) is -0.126. The van der Waals surface area contributed by atoms with Gasteiger partial charge in [0.25, 0.3) is 0 Å². The number of aliphatic hydroxyl groups excluding tert-OH is 1. The van der Waals surface area contributed by atoms with E-state index in [9.17, 15) is 19.5 Å². The highest BCUT2D eigenvalue weighted by Crippen LogP contribution is 2.70. The van der Waals surface area contributed by atoms with E-state index in [1.165, 1.54) is 0 Å². The fourth-order valence-corrected chi connectivity index (χ4v) is 9.83. The molecule has 0 heterocycles. The first kappa shape index (κ1) is 27.8. The number of carbonyl (C=O) groups is 3. The molecule has 5 heteroatoms. The van der Waals surface area contributed by atoms with E-state index in [1.54, 1.807) is 13.8 Å². The van der Waals surface area contributed by atoms with Crippen LogP contribution in [0.2, 0.25) is 0 Å². The number of aliphatic hydroxyl groups is 1. The molecule has 0 spiro atoms. The Morgan fingerprint density at radius 2 is 1.72 bits per heavy atom. The monoisotopic (exact) mass is 502 g/mol. The molecule has 4 saturated carbocycles. The molecular formula is C31H50O5. The predicted octanol–water partition coefficient (Wildman–Crippen LogP) is 6.01. The highest BCUT2D eigenvalue weighted by molar-refractivity contribution is 5.79. The number of hydrogen-bond acceptors (Lipinski definition) is 5. The van der Waals surface area contributed by atoms with Crippen LogP contribution in [0, 0.1) is 58.2 Å². The van der Waals surface area contributed by atoms with E-state index < -0.39 is 0 Å². The number of hydrogen-bond donors (Lipinski definition) is 1. The number of carbonyl (C=O) groups excluding carboxylic acids is 3. The molecule has 4 rings (SSSR count). The third-order valence-corrected chi connectivity index (χ3v) is 11.9. The summed E-state index contributed by atoms with van der Waals surface area (Å²) in [6.45, 7) is 12.9. The van der Waals surface area contributed by atoms with Crippen LogP contribution >= 0.6 is 0 Å². The normalized spacial score (nSPS) is 44.6. The quantitative estimate of drug-likeness (QED) is 0.411. The highest BCUT2D eigenvalue weighted by atomic mass is 16.5. The van der Waals surface area contributed by atoms with Crippen LogP contribution in [0.4, 0.5) is 0 Å². The van der Waals surface area contributed by atoms with Gasteiger partial charge in [-0.3, -0.25) is 14.4 Å². The van der Waals surface area contributed by atoms with Crippen LogP contribution in [0.5, 0.6) is 0 Å². The van der Waals surface area contributed by atoms with Gasteiger partial charge >= 0.3 is 5.97 Å². The van der Waals surface area contributed by atoms with Crippen LogP contribution < -0.4 is 0 Å². The minimum Gasteiger partial charge on any atom is -0.466 e. The Kier molecular flexibility index (Phi) is 8.11. The van der Waals surface area contributed by atoms with Gasteiger partial charge in [-0.1, -0.05) is 27.7 Å². The zero-order valence-electron chi connectivity index (χ0n) is 23.6. The summed E-state index contributed by atoms with van der Waals surface area (Å²) < 4.78 is 5.30. The van der Waals surface area contributed by atoms with Gasteiger partial charge < -0.3 is 9.84 Å². The average molecular weight is 503 g/mol. The fourth-order valence-electron chi connectivity index (χ4n) is 9.83. The Morgan fingerprint density at radius 3 is 2.36 bits per heavy atom. The highest BCUT2D eigenvalue weighted by Gasteiger charge is 2.66. The third-order valence-electron chi connectivity index (χ3n) is 11.9. The lowest BCUT2D eigenvalue weighted by molar-refractivity contribution is -0.191. The first-order valence-corrected chi connectivity index (χ1v) is 14.8. The van der Waals surface area contributed by atoms with Crippen molar-refractivity contribution >= 4 is 17.5 Å². The van der Waals surface area contributed by atoms with E-state index in [1.807, 2.05) is 6.92 Å². The Hall–Kier alpha value is -1.23. The second-order valence-electron chi connectivity index (χ2n) is 13.6. The Morgan fingerprint density at radius 1 is 1.00 bits per heavy atom. The number of Topliss-reactive ketones (excluding diaryl/α,β-unsaturated/α-hetero) is 2. The van der Waals surface area contributed by atoms with Gasteiger partial charge in [0.05, 0.1) is 12.7 Å². The summed E-state index contributed by atoms with van der Waals surface area (Å²) in [7, 11) is 0. The largest absolute Gasteiger partial charge is 0.466 e. The topological polar surface area (TPSA) is 80.7 Å². The summed E-state index contributed by atoms with van der Waals surface area (Å²) in [5, 5.41) is 11.8. The molecule has 0 amide bonds. The van der Waals surface area contributed by atoms with Crippen molar-refractivity contribution < 1.29 is 24.2 Å². The summed E-state index contributed by atoms with van der Waals surface area (Å²) in [6, 6.07) is 0. The Balaban J connectivity index is 1.57. The number of esters is 1. The minimum atomic E-state index is -0.389. The van der Waals surface area contributed by atoms with Crippen molar-refractivity contribution in [2.75, 3.05) is 6.61 Å². The molecule has 4 aliphatic rings. The Bertz CT molecular complexity index is 852. The predicted molar refractivity (Wildman–Crippen MR) is 140 cm³/mol. The zero-order valence-corrected chi connectivity index (χ0v) is 23.6. The lowest BCUT2D eigenvalue weighted by atomic mass is 9.41. The van der Waals surface area contributed by atoms with Crippen LogP contribution in [0.25, 0.3) is 0 Å². The van der Waals surface area contributed by atoms with E-state index in [4.69, 9.17) is 4.74 Å². The van der Waals surface area contributed by atoms with E-state index in [0.717, 1.165) is 57.8 Å². The smallest absolute Gasteiger partial charge is 0.305 e. The molecule has 1 unspecified atom stereocenters. The van der Waals surface area contributed by atoms with E-state index in [-0.39, 0.29) is 34.7 Å². The molecular weight excluding hydrogens is 452 g/mol. The van der Waals surface area contributed by atoms with Gasteiger partial charge in [-0.2, -0.15) is 0 Å². The van der Waals surface area contributed by atoms with Crippen LogP contribution in [-0.2, 0) is 19.1 Å². The summed E-state index contributed by atoms with van der Waals surface area (Å²) in [5.74, 6) is 2.70. The third kappa shape index (κ3) is 4.60. The Labute approximate surface area is 218 Å². The average Bonchev–Trinajstić information content (AvgIpc) is 3.19. The van der Waals surface area contributed by atoms with Crippen molar-refractivity contribution in [1.29, 1.82) is 0 Å². The van der Waals surface area contributed by atoms with Crippen LogP contribution in [0.3, 0.4) is 0 Å². The molecule has 5 nitrogen and oxygen atoms in total. The van der Waals surface area contributed by atoms with Gasteiger partial charge in [-0.05, 0) is 118 Å². The van der Waals surface area contributed by atoms with Gasteiger partial charge in [0.15, 0.2) is 0 Å². The number of rotatable bonds is 8.